The molecule has 0 aromatic carbocycles. The second kappa shape index (κ2) is 3.33. The van der Waals surface area contributed by atoms with Crippen LogP contribution in [0.15, 0.2) is 17.2 Å². The fraction of sp³-hybridized carbons (Fsp3) is 0.250. The number of hydrogen-bond acceptors (Lipinski definition) is 7. The Labute approximate surface area is 89.3 Å². The van der Waals surface area contributed by atoms with Gasteiger partial charge in [0, 0.05) is 0 Å². The first-order valence-corrected chi connectivity index (χ1v) is 4.62. The van der Waals surface area contributed by atoms with E-state index >= 15 is 0 Å². The standard InChI is InChI=1S/C8H7N7O/c1-5-7(13-16-12-5)3-15-8-6(11-14-15)2-9-4-10-8/h2,4H,3H2,1H3. The highest BCUT2D eigenvalue weighted by Crippen LogP contribution is 2.08. The first-order chi connectivity index (χ1) is 7.84. The summed E-state index contributed by atoms with van der Waals surface area (Å²) >= 11 is 0. The molecule has 0 atom stereocenters. The fourth-order valence-electron chi connectivity index (χ4n) is 1.37. The van der Waals surface area contributed by atoms with Crippen molar-refractivity contribution in [1.82, 2.24) is 35.3 Å². The summed E-state index contributed by atoms with van der Waals surface area (Å²) in [7, 11) is 0. The fourth-order valence-corrected chi connectivity index (χ4v) is 1.37. The van der Waals surface area contributed by atoms with Gasteiger partial charge in [-0.25, -0.2) is 19.3 Å². The van der Waals surface area contributed by atoms with Crippen molar-refractivity contribution in [2.45, 2.75) is 13.5 Å². The Bertz CT molecular complexity index is 628. The van der Waals surface area contributed by atoms with Crippen molar-refractivity contribution in [1.29, 1.82) is 0 Å². The van der Waals surface area contributed by atoms with Gasteiger partial charge in [0.25, 0.3) is 0 Å². The molecule has 3 heterocycles. The molecule has 80 valence electrons. The van der Waals surface area contributed by atoms with Gasteiger partial charge in [-0.05, 0) is 6.92 Å². The summed E-state index contributed by atoms with van der Waals surface area (Å²) in [5, 5.41) is 15.4. The zero-order valence-corrected chi connectivity index (χ0v) is 8.40. The molecule has 0 N–H and O–H groups in total. The van der Waals surface area contributed by atoms with Crippen molar-refractivity contribution >= 4 is 11.2 Å². The van der Waals surface area contributed by atoms with Gasteiger partial charge in [0.05, 0.1) is 12.7 Å². The van der Waals surface area contributed by atoms with Gasteiger partial charge >= 0.3 is 0 Å². The zero-order chi connectivity index (χ0) is 11.0. The minimum absolute atomic E-state index is 0.433. The lowest BCUT2D eigenvalue weighted by Crippen LogP contribution is -2.04. The number of aryl methyl sites for hydroxylation is 1. The molecule has 0 unspecified atom stereocenters. The normalized spacial score (nSPS) is 11.1. The van der Waals surface area contributed by atoms with Crippen molar-refractivity contribution < 1.29 is 4.63 Å². The Morgan fingerprint density at radius 1 is 1.38 bits per heavy atom. The summed E-state index contributed by atoms with van der Waals surface area (Å²) in [6.07, 6.45) is 3.07. The van der Waals surface area contributed by atoms with Gasteiger partial charge in [-0.2, -0.15) is 0 Å². The zero-order valence-electron chi connectivity index (χ0n) is 8.40. The molecule has 3 rings (SSSR count). The minimum Gasteiger partial charge on any atom is -0.244 e. The number of aromatic nitrogens is 7. The second-order valence-electron chi connectivity index (χ2n) is 3.28. The quantitative estimate of drug-likeness (QED) is 0.594. The highest BCUT2D eigenvalue weighted by Gasteiger charge is 2.10. The smallest absolute Gasteiger partial charge is 0.181 e. The Morgan fingerprint density at radius 3 is 3.12 bits per heavy atom. The number of hydrogen-bond donors (Lipinski definition) is 0. The molecule has 0 bridgehead atoms. The number of fused-ring (bicyclic) bond motifs is 1. The highest BCUT2D eigenvalue weighted by atomic mass is 16.6. The van der Waals surface area contributed by atoms with E-state index in [2.05, 4.69) is 35.2 Å². The first kappa shape index (κ1) is 8.89. The molecule has 8 nitrogen and oxygen atoms in total. The molecule has 0 radical (unpaired) electrons. The average Bonchev–Trinajstić information content (AvgIpc) is 2.88. The van der Waals surface area contributed by atoms with Crippen LogP contribution in [0.2, 0.25) is 0 Å². The lowest BCUT2D eigenvalue weighted by atomic mass is 10.3. The highest BCUT2D eigenvalue weighted by molar-refractivity contribution is 5.67. The lowest BCUT2D eigenvalue weighted by Gasteiger charge is -1.96. The van der Waals surface area contributed by atoms with Crippen LogP contribution in [0.3, 0.4) is 0 Å². The van der Waals surface area contributed by atoms with Gasteiger partial charge in [0.2, 0.25) is 0 Å². The molecule has 8 heteroatoms. The van der Waals surface area contributed by atoms with E-state index in [1.54, 1.807) is 10.9 Å². The molecule has 0 saturated heterocycles. The summed E-state index contributed by atoms with van der Waals surface area (Å²) in [6.45, 7) is 2.25. The summed E-state index contributed by atoms with van der Waals surface area (Å²) < 4.78 is 6.24. The largest absolute Gasteiger partial charge is 0.244 e. The molecule has 0 spiro atoms. The van der Waals surface area contributed by atoms with Crippen molar-refractivity contribution in [3.8, 4) is 0 Å². The van der Waals surface area contributed by atoms with Crippen LogP contribution in [0.4, 0.5) is 0 Å². The van der Waals surface area contributed by atoms with Crippen LogP contribution in [-0.2, 0) is 6.54 Å². The third kappa shape index (κ3) is 1.31. The summed E-state index contributed by atoms with van der Waals surface area (Å²) in [4.78, 5) is 7.97. The molecule has 3 aromatic rings. The van der Waals surface area contributed by atoms with E-state index in [1.807, 2.05) is 6.92 Å². The van der Waals surface area contributed by atoms with E-state index in [0.29, 0.717) is 23.4 Å². The predicted molar refractivity (Wildman–Crippen MR) is 51.3 cm³/mol. The van der Waals surface area contributed by atoms with E-state index in [-0.39, 0.29) is 0 Å². The topological polar surface area (TPSA) is 95.4 Å². The van der Waals surface area contributed by atoms with Crippen LogP contribution in [0.25, 0.3) is 11.2 Å². The molecular weight excluding hydrogens is 210 g/mol. The van der Waals surface area contributed by atoms with E-state index in [4.69, 9.17) is 0 Å². The molecule has 0 aliphatic rings. The number of nitrogens with zero attached hydrogens (tertiary/aromatic N) is 7. The van der Waals surface area contributed by atoms with Gasteiger partial charge in [-0.1, -0.05) is 15.5 Å². The van der Waals surface area contributed by atoms with E-state index in [0.717, 1.165) is 5.69 Å². The third-order valence-electron chi connectivity index (χ3n) is 2.22. The predicted octanol–water partition coefficient (Wildman–Crippen LogP) is -0.0390. The molecule has 0 saturated carbocycles. The van der Waals surface area contributed by atoms with Crippen LogP contribution in [0, 0.1) is 6.92 Å². The molecular formula is C8H7N7O. The minimum atomic E-state index is 0.433. The van der Waals surface area contributed by atoms with E-state index in [1.165, 1.54) is 6.33 Å². The first-order valence-electron chi connectivity index (χ1n) is 4.62. The molecule has 0 amide bonds. The number of rotatable bonds is 2. The van der Waals surface area contributed by atoms with Gasteiger partial charge in [0.15, 0.2) is 11.2 Å². The maximum absolute atomic E-state index is 4.61. The molecule has 3 aromatic heterocycles. The molecule has 0 fully saturated rings. The third-order valence-corrected chi connectivity index (χ3v) is 2.22. The SMILES string of the molecule is Cc1nonc1Cn1nnc2cncnc21. The van der Waals surface area contributed by atoms with Crippen molar-refractivity contribution in [2.24, 2.45) is 0 Å². The van der Waals surface area contributed by atoms with Gasteiger partial charge < -0.3 is 0 Å². The van der Waals surface area contributed by atoms with Crippen molar-refractivity contribution in [2.75, 3.05) is 0 Å². The summed E-state index contributed by atoms with van der Waals surface area (Å²) in [5.41, 5.74) is 2.76. The Kier molecular flexibility index (Phi) is 1.85. The maximum Gasteiger partial charge on any atom is 0.181 e. The van der Waals surface area contributed by atoms with Crippen LogP contribution in [0.5, 0.6) is 0 Å². The lowest BCUT2D eigenvalue weighted by molar-refractivity contribution is 0.300. The van der Waals surface area contributed by atoms with Gasteiger partial charge in [-0.3, -0.25) is 0 Å². The monoisotopic (exact) mass is 217 g/mol. The second-order valence-corrected chi connectivity index (χ2v) is 3.28. The van der Waals surface area contributed by atoms with Crippen molar-refractivity contribution in [3.05, 3.63) is 23.9 Å². The Morgan fingerprint density at radius 2 is 2.31 bits per heavy atom. The van der Waals surface area contributed by atoms with Gasteiger partial charge in [-0.15, -0.1) is 5.10 Å². The van der Waals surface area contributed by atoms with Crippen LogP contribution < -0.4 is 0 Å². The van der Waals surface area contributed by atoms with E-state index < -0.39 is 0 Å². The summed E-state index contributed by atoms with van der Waals surface area (Å²) in [6, 6.07) is 0. The van der Waals surface area contributed by atoms with Gasteiger partial charge in [0.1, 0.15) is 17.7 Å². The Balaban J connectivity index is 2.04. The average molecular weight is 217 g/mol. The molecule has 16 heavy (non-hydrogen) atoms. The summed E-state index contributed by atoms with van der Waals surface area (Å²) in [5.74, 6) is 0. The van der Waals surface area contributed by atoms with Crippen LogP contribution in [0.1, 0.15) is 11.4 Å². The molecule has 0 aliphatic carbocycles. The van der Waals surface area contributed by atoms with Crippen molar-refractivity contribution in [3.63, 3.8) is 0 Å². The maximum atomic E-state index is 4.61. The Hall–Kier alpha value is -2.38. The van der Waals surface area contributed by atoms with Crippen LogP contribution >= 0.6 is 0 Å². The molecule has 0 aliphatic heterocycles. The van der Waals surface area contributed by atoms with Crippen LogP contribution in [-0.4, -0.2) is 35.3 Å². The van der Waals surface area contributed by atoms with E-state index in [9.17, 15) is 0 Å².